The molecule has 0 N–H and O–H groups in total. The first-order valence-electron chi connectivity index (χ1n) is 18.0. The van der Waals surface area contributed by atoms with Crippen LogP contribution in [0.3, 0.4) is 0 Å². The van der Waals surface area contributed by atoms with Gasteiger partial charge in [-0.05, 0) is 92.5 Å². The van der Waals surface area contributed by atoms with Gasteiger partial charge in [-0.2, -0.15) is 0 Å². The Bertz CT molecular complexity index is 2170. The van der Waals surface area contributed by atoms with Gasteiger partial charge in [-0.3, -0.25) is 9.59 Å². The van der Waals surface area contributed by atoms with Crippen LogP contribution in [0, 0.1) is 41.4 Å². The number of pyridine rings is 1. The quantitative estimate of drug-likeness (QED) is 0.240. The van der Waals surface area contributed by atoms with Crippen molar-refractivity contribution in [1.82, 2.24) is 28.9 Å². The van der Waals surface area contributed by atoms with Crippen molar-refractivity contribution in [1.29, 1.82) is 0 Å². The Morgan fingerprint density at radius 1 is 1.02 bits per heavy atom. The standard InChI is InChI=1S/C40H40N6O3/c1-49-34-18-29(40(48)45-23-30-14-28-17-32(45)36(28)30)15-31-37(34)46(22-26-19-43(20-26)35(47)12-11-24-6-3-2-4-7-24)39(42-31)33-16-27-8-5-13-41-38(27)44(33)21-25-9-10-25/h2-3,5-6,8,13,15-16,18,25-26,28,30,32,36H,4,7,9-10,14,17,19-23H2,1H3/t28?,30?,32?,36-/m1/s1. The number of ether oxygens (including phenoxy) is 1. The SMILES string of the molecule is COc1cc(C(=O)N2CC3CC4CC2[C@H]43)cc2nc(-c3cc4cccnc4n3CC3CC3)n(CC3CN(C(=O)C#CC4=CC=CCC4)C3)c12. The van der Waals surface area contributed by atoms with Gasteiger partial charge in [0.25, 0.3) is 11.8 Å². The van der Waals surface area contributed by atoms with Crippen LogP contribution in [0.4, 0.5) is 0 Å². The van der Waals surface area contributed by atoms with Gasteiger partial charge in [-0.1, -0.05) is 24.1 Å². The van der Waals surface area contributed by atoms with Crippen LogP contribution in [0.5, 0.6) is 5.75 Å². The fourth-order valence-electron chi connectivity index (χ4n) is 9.29. The second-order valence-corrected chi connectivity index (χ2v) is 15.2. The highest BCUT2D eigenvalue weighted by Gasteiger charge is 2.61. The summed E-state index contributed by atoms with van der Waals surface area (Å²) in [5.41, 5.74) is 5.30. The molecular formula is C40H40N6O3. The first-order valence-corrected chi connectivity index (χ1v) is 18.0. The van der Waals surface area contributed by atoms with Crippen LogP contribution in [0.25, 0.3) is 33.6 Å². The summed E-state index contributed by atoms with van der Waals surface area (Å²) in [4.78, 5) is 41.1. The zero-order valence-corrected chi connectivity index (χ0v) is 27.8. The lowest BCUT2D eigenvalue weighted by Crippen LogP contribution is -2.53. The summed E-state index contributed by atoms with van der Waals surface area (Å²) in [5, 5.41) is 1.09. The van der Waals surface area contributed by atoms with Crippen LogP contribution in [-0.4, -0.2) is 73.5 Å². The van der Waals surface area contributed by atoms with Crippen LogP contribution < -0.4 is 4.74 Å². The monoisotopic (exact) mass is 652 g/mol. The van der Waals surface area contributed by atoms with E-state index in [1.54, 1.807) is 7.11 Å². The van der Waals surface area contributed by atoms with Crippen LogP contribution in [0.2, 0.25) is 0 Å². The number of carbonyl (C=O) groups excluding carboxylic acids is 2. The normalized spacial score (nSPS) is 25.3. The fraction of sp³-hybridized carbons (Fsp3) is 0.450. The number of likely N-dealkylation sites (tertiary alicyclic amines) is 2. The van der Waals surface area contributed by atoms with E-state index < -0.39 is 0 Å². The van der Waals surface area contributed by atoms with Crippen molar-refractivity contribution in [2.45, 2.75) is 57.7 Å². The summed E-state index contributed by atoms with van der Waals surface area (Å²) in [6.45, 7) is 3.71. The maximum Gasteiger partial charge on any atom is 0.298 e. The molecule has 4 atom stereocenters. The van der Waals surface area contributed by atoms with Crippen molar-refractivity contribution in [3.8, 4) is 29.1 Å². The van der Waals surface area contributed by atoms with E-state index in [0.29, 0.717) is 54.7 Å². The van der Waals surface area contributed by atoms with Gasteiger partial charge >= 0.3 is 0 Å². The summed E-state index contributed by atoms with van der Waals surface area (Å²) in [6, 6.07) is 10.6. The molecule has 9 nitrogen and oxygen atoms in total. The number of hydrogen-bond donors (Lipinski definition) is 0. The van der Waals surface area contributed by atoms with Gasteiger partial charge in [0.15, 0.2) is 5.82 Å². The molecule has 0 spiro atoms. The summed E-state index contributed by atoms with van der Waals surface area (Å²) in [5.74, 6) is 10.5. The number of allylic oxidation sites excluding steroid dienone is 4. The highest BCUT2D eigenvalue weighted by atomic mass is 16.5. The predicted octanol–water partition coefficient (Wildman–Crippen LogP) is 5.69. The zero-order chi connectivity index (χ0) is 32.8. The second kappa shape index (κ2) is 11.1. The lowest BCUT2D eigenvalue weighted by atomic mass is 9.53. The Morgan fingerprint density at radius 3 is 2.67 bits per heavy atom. The Morgan fingerprint density at radius 2 is 1.90 bits per heavy atom. The first kappa shape index (κ1) is 29.1. The minimum Gasteiger partial charge on any atom is -0.494 e. The van der Waals surface area contributed by atoms with E-state index in [4.69, 9.17) is 14.7 Å². The van der Waals surface area contributed by atoms with Crippen LogP contribution >= 0.6 is 0 Å². The van der Waals surface area contributed by atoms with Crippen molar-refractivity contribution >= 4 is 33.9 Å². The lowest BCUT2D eigenvalue weighted by Gasteiger charge is -2.52. The molecule has 49 heavy (non-hydrogen) atoms. The Labute approximate surface area is 285 Å². The number of hydrogen-bond acceptors (Lipinski definition) is 5. The lowest BCUT2D eigenvalue weighted by molar-refractivity contribution is -0.131. The summed E-state index contributed by atoms with van der Waals surface area (Å²) in [7, 11) is 1.68. The van der Waals surface area contributed by atoms with Crippen molar-refractivity contribution in [2.24, 2.45) is 29.6 Å². The number of nitrogens with zero attached hydrogens (tertiary/aromatic N) is 6. The number of imidazole rings is 1. The molecule has 9 heteroatoms. The van der Waals surface area contributed by atoms with Gasteiger partial charge < -0.3 is 23.7 Å². The van der Waals surface area contributed by atoms with Crippen molar-refractivity contribution in [3.05, 3.63) is 65.9 Å². The maximum atomic E-state index is 14.0. The van der Waals surface area contributed by atoms with E-state index in [9.17, 15) is 9.59 Å². The van der Waals surface area contributed by atoms with E-state index in [0.717, 1.165) is 77.4 Å². The number of aromatic nitrogens is 4. The molecule has 4 aliphatic carbocycles. The molecule has 3 aromatic heterocycles. The zero-order valence-electron chi connectivity index (χ0n) is 27.8. The van der Waals surface area contributed by atoms with Gasteiger partial charge in [0.05, 0.1) is 18.3 Å². The molecule has 5 heterocycles. The average molecular weight is 653 g/mol. The molecule has 2 amide bonds. The fourth-order valence-corrected chi connectivity index (χ4v) is 9.29. The molecule has 1 aromatic carbocycles. The van der Waals surface area contributed by atoms with Crippen molar-refractivity contribution in [3.63, 3.8) is 0 Å². The second-order valence-electron chi connectivity index (χ2n) is 15.2. The van der Waals surface area contributed by atoms with Gasteiger partial charge in [0.1, 0.15) is 16.9 Å². The highest BCUT2D eigenvalue weighted by Crippen LogP contribution is 2.60. The Balaban J connectivity index is 1.02. The topological polar surface area (TPSA) is 85.5 Å². The molecule has 3 saturated carbocycles. The first-order chi connectivity index (χ1) is 24.0. The third-order valence-corrected chi connectivity index (χ3v) is 12.1. The largest absolute Gasteiger partial charge is 0.494 e. The molecule has 5 fully saturated rings. The molecule has 0 radical (unpaired) electrons. The third-order valence-electron chi connectivity index (χ3n) is 12.1. The molecular weight excluding hydrogens is 612 g/mol. The molecule has 2 aliphatic heterocycles. The van der Waals surface area contributed by atoms with Crippen molar-refractivity contribution < 1.29 is 14.3 Å². The molecule has 0 bridgehead atoms. The Kier molecular flexibility index (Phi) is 6.59. The maximum absolute atomic E-state index is 14.0. The van der Waals surface area contributed by atoms with Crippen LogP contribution in [0.15, 0.2) is 60.3 Å². The molecule has 248 valence electrons. The summed E-state index contributed by atoms with van der Waals surface area (Å²) in [6.07, 6.45) is 14.7. The Hall–Kier alpha value is -4.84. The summed E-state index contributed by atoms with van der Waals surface area (Å²) >= 11 is 0. The van der Waals surface area contributed by atoms with Gasteiger partial charge in [-0.15, -0.1) is 0 Å². The third kappa shape index (κ3) is 4.74. The minimum atomic E-state index is -0.119. The van der Waals surface area contributed by atoms with Crippen LogP contribution in [0.1, 0.15) is 48.9 Å². The van der Waals surface area contributed by atoms with Gasteiger partial charge in [0.2, 0.25) is 0 Å². The molecule has 4 aromatic rings. The number of methoxy groups -OCH3 is 1. The van der Waals surface area contributed by atoms with E-state index >= 15 is 0 Å². The number of carbonyl (C=O) groups is 2. The van der Waals surface area contributed by atoms with E-state index in [1.165, 1.54) is 19.3 Å². The summed E-state index contributed by atoms with van der Waals surface area (Å²) < 4.78 is 10.7. The van der Waals surface area contributed by atoms with Crippen molar-refractivity contribution in [2.75, 3.05) is 26.7 Å². The minimum absolute atomic E-state index is 0.0930. The van der Waals surface area contributed by atoms with Crippen LogP contribution in [-0.2, 0) is 17.9 Å². The molecule has 2 saturated heterocycles. The highest BCUT2D eigenvalue weighted by molar-refractivity contribution is 6.00. The van der Waals surface area contributed by atoms with E-state index in [-0.39, 0.29) is 17.7 Å². The average Bonchev–Trinajstić information content (AvgIpc) is 3.74. The molecule has 10 rings (SSSR count). The number of benzene rings is 1. The van der Waals surface area contributed by atoms with Gasteiger partial charge in [-0.25, -0.2) is 9.97 Å². The molecule has 6 aliphatic rings. The number of fused-ring (bicyclic) bond motifs is 2. The van der Waals surface area contributed by atoms with E-state index in [1.807, 2.05) is 41.4 Å². The van der Waals surface area contributed by atoms with Gasteiger partial charge in [0, 0.05) is 73.3 Å². The van der Waals surface area contributed by atoms with E-state index in [2.05, 4.69) is 44.1 Å². The number of rotatable bonds is 7. The number of amides is 2. The predicted molar refractivity (Wildman–Crippen MR) is 187 cm³/mol. The smallest absolute Gasteiger partial charge is 0.298 e. The molecule has 3 unspecified atom stereocenters.